The average molecular weight is 391 g/mol. The van der Waals surface area contributed by atoms with Crippen LogP contribution >= 0.6 is 0 Å². The van der Waals surface area contributed by atoms with Crippen molar-refractivity contribution in [3.8, 4) is 5.75 Å². The molecule has 1 amide bonds. The van der Waals surface area contributed by atoms with Gasteiger partial charge in [0, 0.05) is 18.9 Å². The molecule has 0 radical (unpaired) electrons. The van der Waals surface area contributed by atoms with Crippen LogP contribution in [0.3, 0.4) is 0 Å². The van der Waals surface area contributed by atoms with E-state index in [-0.39, 0.29) is 23.9 Å². The summed E-state index contributed by atoms with van der Waals surface area (Å²) in [4.78, 5) is 20.0. The number of carbonyl (C=O) groups is 1. The van der Waals surface area contributed by atoms with Crippen molar-refractivity contribution < 1.29 is 27.1 Å². The smallest absolute Gasteiger partial charge is 0.416 e. The van der Waals surface area contributed by atoms with Crippen LogP contribution in [0.25, 0.3) is 0 Å². The SMILES string of the molecule is O=C(NCCc1ccncc1)c1coc(COc2cccc(C(F)(F)F)c2)n1. The van der Waals surface area contributed by atoms with Crippen LogP contribution in [0, 0.1) is 0 Å². The van der Waals surface area contributed by atoms with Gasteiger partial charge in [-0.3, -0.25) is 9.78 Å². The lowest BCUT2D eigenvalue weighted by Crippen LogP contribution is -2.26. The number of hydrogen-bond acceptors (Lipinski definition) is 5. The first kappa shape index (κ1) is 19.4. The number of alkyl halides is 3. The number of hydrogen-bond donors (Lipinski definition) is 1. The van der Waals surface area contributed by atoms with Gasteiger partial charge < -0.3 is 14.5 Å². The van der Waals surface area contributed by atoms with Crippen LogP contribution in [0.2, 0.25) is 0 Å². The Kier molecular flexibility index (Phi) is 5.93. The van der Waals surface area contributed by atoms with Gasteiger partial charge in [0.25, 0.3) is 5.91 Å². The van der Waals surface area contributed by atoms with Crippen LogP contribution in [0.1, 0.15) is 27.5 Å². The number of pyridine rings is 1. The van der Waals surface area contributed by atoms with Crippen molar-refractivity contribution in [2.24, 2.45) is 0 Å². The van der Waals surface area contributed by atoms with E-state index < -0.39 is 17.6 Å². The minimum atomic E-state index is -4.45. The summed E-state index contributed by atoms with van der Waals surface area (Å²) in [5.41, 5.74) is 0.287. The molecule has 2 aromatic heterocycles. The molecular weight excluding hydrogens is 375 g/mol. The van der Waals surface area contributed by atoms with Crippen LogP contribution in [-0.4, -0.2) is 22.4 Å². The van der Waals surface area contributed by atoms with Crippen molar-refractivity contribution in [3.63, 3.8) is 0 Å². The predicted octanol–water partition coefficient (Wildman–Crippen LogP) is 3.64. The van der Waals surface area contributed by atoms with Crippen LogP contribution < -0.4 is 10.1 Å². The van der Waals surface area contributed by atoms with E-state index in [1.165, 1.54) is 18.4 Å². The normalized spacial score (nSPS) is 11.2. The summed E-state index contributed by atoms with van der Waals surface area (Å²) in [5, 5.41) is 2.71. The van der Waals surface area contributed by atoms with E-state index in [1.54, 1.807) is 12.4 Å². The van der Waals surface area contributed by atoms with Crippen LogP contribution in [0.4, 0.5) is 13.2 Å². The molecule has 2 heterocycles. The molecule has 1 aromatic carbocycles. The number of nitrogens with one attached hydrogen (secondary N) is 1. The molecule has 146 valence electrons. The molecule has 0 fully saturated rings. The fourth-order valence-corrected chi connectivity index (χ4v) is 2.35. The van der Waals surface area contributed by atoms with Gasteiger partial charge in [0.1, 0.15) is 12.0 Å². The fraction of sp³-hybridized carbons (Fsp3) is 0.211. The summed E-state index contributed by atoms with van der Waals surface area (Å²) >= 11 is 0. The van der Waals surface area contributed by atoms with Gasteiger partial charge in [0.15, 0.2) is 12.3 Å². The minimum Gasteiger partial charge on any atom is -0.484 e. The van der Waals surface area contributed by atoms with Crippen LogP contribution in [0.15, 0.2) is 59.5 Å². The number of halogens is 3. The zero-order valence-electron chi connectivity index (χ0n) is 14.6. The highest BCUT2D eigenvalue weighted by atomic mass is 19.4. The van der Waals surface area contributed by atoms with Gasteiger partial charge in [0.05, 0.1) is 5.56 Å². The number of oxazole rings is 1. The molecule has 9 heteroatoms. The van der Waals surface area contributed by atoms with Crippen LogP contribution in [0.5, 0.6) is 5.75 Å². The van der Waals surface area contributed by atoms with Gasteiger partial charge in [0.2, 0.25) is 5.89 Å². The summed E-state index contributed by atoms with van der Waals surface area (Å²) < 4.78 is 48.5. The Hall–Kier alpha value is -3.36. The molecule has 0 aliphatic rings. The highest BCUT2D eigenvalue weighted by molar-refractivity contribution is 5.91. The van der Waals surface area contributed by atoms with Gasteiger partial charge in [-0.2, -0.15) is 13.2 Å². The number of carbonyl (C=O) groups excluding carboxylic acids is 1. The molecule has 0 saturated heterocycles. The molecule has 0 saturated carbocycles. The second kappa shape index (κ2) is 8.55. The molecule has 1 N–H and O–H groups in total. The Bertz CT molecular complexity index is 927. The molecule has 28 heavy (non-hydrogen) atoms. The van der Waals surface area contributed by atoms with Gasteiger partial charge in [-0.15, -0.1) is 0 Å². The lowest BCUT2D eigenvalue weighted by atomic mass is 10.2. The standard InChI is InChI=1S/C19H16F3N3O3/c20-19(21,22)14-2-1-3-15(10-14)27-12-17-25-16(11-28-17)18(26)24-9-6-13-4-7-23-8-5-13/h1-5,7-8,10-11H,6,9,12H2,(H,24,26). The lowest BCUT2D eigenvalue weighted by molar-refractivity contribution is -0.137. The second-order valence-electron chi connectivity index (χ2n) is 5.80. The number of nitrogens with zero attached hydrogens (tertiary/aromatic N) is 2. The zero-order valence-corrected chi connectivity index (χ0v) is 14.6. The summed E-state index contributed by atoms with van der Waals surface area (Å²) in [5.74, 6) is -0.309. The summed E-state index contributed by atoms with van der Waals surface area (Å²) in [6, 6.07) is 8.18. The zero-order chi connectivity index (χ0) is 20.0. The van der Waals surface area contributed by atoms with Crippen LogP contribution in [-0.2, 0) is 19.2 Å². The number of ether oxygens (including phenoxy) is 1. The third-order valence-electron chi connectivity index (χ3n) is 3.76. The van der Waals surface area contributed by atoms with Crippen molar-refractivity contribution in [3.05, 3.63) is 77.8 Å². The highest BCUT2D eigenvalue weighted by Gasteiger charge is 2.30. The Labute approximate surface area is 158 Å². The third kappa shape index (κ3) is 5.32. The first-order valence-corrected chi connectivity index (χ1v) is 8.33. The van der Waals surface area contributed by atoms with E-state index in [1.807, 2.05) is 12.1 Å². The van der Waals surface area contributed by atoms with E-state index in [4.69, 9.17) is 9.15 Å². The highest BCUT2D eigenvalue weighted by Crippen LogP contribution is 2.31. The van der Waals surface area contributed by atoms with Crippen molar-refractivity contribution in [1.29, 1.82) is 0 Å². The molecule has 0 spiro atoms. The molecule has 0 unspecified atom stereocenters. The Morgan fingerprint density at radius 1 is 1.18 bits per heavy atom. The molecule has 0 aliphatic heterocycles. The van der Waals surface area contributed by atoms with E-state index in [0.717, 1.165) is 17.7 Å². The summed E-state index contributed by atoms with van der Waals surface area (Å²) in [6.45, 7) is 0.206. The van der Waals surface area contributed by atoms with E-state index in [0.29, 0.717) is 13.0 Å². The largest absolute Gasteiger partial charge is 0.484 e. The number of benzene rings is 1. The summed E-state index contributed by atoms with van der Waals surface area (Å²) in [6.07, 6.45) is 0.699. The lowest BCUT2D eigenvalue weighted by Gasteiger charge is -2.09. The number of aromatic nitrogens is 2. The van der Waals surface area contributed by atoms with Crippen molar-refractivity contribution in [2.45, 2.75) is 19.2 Å². The first-order chi connectivity index (χ1) is 13.4. The molecule has 0 atom stereocenters. The van der Waals surface area contributed by atoms with Crippen molar-refractivity contribution in [2.75, 3.05) is 6.54 Å². The molecule has 3 aromatic rings. The van der Waals surface area contributed by atoms with Gasteiger partial charge in [-0.25, -0.2) is 4.98 Å². The maximum atomic E-state index is 12.7. The quantitative estimate of drug-likeness (QED) is 0.665. The molecule has 3 rings (SSSR count). The summed E-state index contributed by atoms with van der Waals surface area (Å²) in [7, 11) is 0. The molecule has 0 aliphatic carbocycles. The van der Waals surface area contributed by atoms with Gasteiger partial charge >= 0.3 is 6.18 Å². The Morgan fingerprint density at radius 3 is 2.71 bits per heavy atom. The predicted molar refractivity (Wildman–Crippen MR) is 92.6 cm³/mol. The number of rotatable bonds is 7. The van der Waals surface area contributed by atoms with Crippen molar-refractivity contribution in [1.82, 2.24) is 15.3 Å². The van der Waals surface area contributed by atoms with Gasteiger partial charge in [-0.05, 0) is 42.3 Å². The minimum absolute atomic E-state index is 0.0244. The monoisotopic (exact) mass is 391 g/mol. The average Bonchev–Trinajstić information content (AvgIpc) is 3.16. The maximum Gasteiger partial charge on any atom is 0.416 e. The molecular formula is C19H16F3N3O3. The van der Waals surface area contributed by atoms with E-state index in [9.17, 15) is 18.0 Å². The molecule has 0 bridgehead atoms. The Morgan fingerprint density at radius 2 is 1.96 bits per heavy atom. The maximum absolute atomic E-state index is 12.7. The first-order valence-electron chi connectivity index (χ1n) is 8.33. The van der Waals surface area contributed by atoms with Crippen molar-refractivity contribution >= 4 is 5.91 Å². The van der Waals surface area contributed by atoms with E-state index >= 15 is 0 Å². The Balaban J connectivity index is 1.50. The van der Waals surface area contributed by atoms with E-state index in [2.05, 4.69) is 15.3 Å². The fourth-order valence-electron chi connectivity index (χ4n) is 2.35. The second-order valence-corrected chi connectivity index (χ2v) is 5.80. The third-order valence-corrected chi connectivity index (χ3v) is 3.76. The topological polar surface area (TPSA) is 77.2 Å². The molecule has 6 nitrogen and oxygen atoms in total. The van der Waals surface area contributed by atoms with Gasteiger partial charge in [-0.1, -0.05) is 6.07 Å². The number of amides is 1.